The van der Waals surface area contributed by atoms with E-state index >= 15 is 0 Å². The molecule has 1 aromatic rings. The topological polar surface area (TPSA) is 41.6 Å². The highest BCUT2D eigenvalue weighted by Crippen LogP contribution is 2.41. The molecule has 0 bridgehead atoms. The second-order valence-electron chi connectivity index (χ2n) is 5.84. The first-order chi connectivity index (χ1) is 10.1. The minimum atomic E-state index is -0.602. The first-order valence-corrected chi connectivity index (χ1v) is 7.66. The molecule has 0 aliphatic heterocycles. The molecule has 0 saturated heterocycles. The van der Waals surface area contributed by atoms with Crippen LogP contribution in [0, 0.1) is 12.8 Å². The number of hydrogen-bond donors (Lipinski definition) is 1. The Bertz CT molecular complexity index is 482. The Hall–Kier alpha value is -1.55. The van der Waals surface area contributed by atoms with Crippen molar-refractivity contribution in [2.24, 2.45) is 5.92 Å². The van der Waals surface area contributed by atoms with Gasteiger partial charge in [-0.1, -0.05) is 17.7 Å². The minimum Gasteiger partial charge on any atom is -0.468 e. The fourth-order valence-electron chi connectivity index (χ4n) is 2.95. The van der Waals surface area contributed by atoms with E-state index in [2.05, 4.69) is 48.3 Å². The molecule has 1 N–H and O–H groups in total. The highest BCUT2D eigenvalue weighted by atomic mass is 16.5. The molecule has 4 nitrogen and oxygen atoms in total. The zero-order valence-electron chi connectivity index (χ0n) is 13.5. The van der Waals surface area contributed by atoms with Gasteiger partial charge in [0.05, 0.1) is 7.11 Å². The maximum Gasteiger partial charge on any atom is 0.328 e. The van der Waals surface area contributed by atoms with Crippen molar-refractivity contribution in [3.63, 3.8) is 0 Å². The van der Waals surface area contributed by atoms with Crippen LogP contribution >= 0.6 is 0 Å². The quantitative estimate of drug-likeness (QED) is 0.783. The number of anilines is 1. The molecule has 1 aliphatic rings. The standard InChI is InChI=1S/C17H26N2O2/c1-5-19(15-10-6-13(2)7-11-15)12-17(18-3,14-8-9-14)16(20)21-4/h6-7,10-11,14,18H,5,8-9,12H2,1-4H3. The Morgan fingerprint density at radius 2 is 2.00 bits per heavy atom. The van der Waals surface area contributed by atoms with Crippen molar-refractivity contribution in [2.45, 2.75) is 32.2 Å². The summed E-state index contributed by atoms with van der Waals surface area (Å²) in [5.41, 5.74) is 1.78. The molecule has 116 valence electrons. The van der Waals surface area contributed by atoms with Crippen LogP contribution in [-0.4, -0.2) is 38.8 Å². The van der Waals surface area contributed by atoms with E-state index in [0.717, 1.165) is 25.1 Å². The molecule has 1 aliphatic carbocycles. The summed E-state index contributed by atoms with van der Waals surface area (Å²) in [7, 11) is 3.33. The van der Waals surface area contributed by atoms with Gasteiger partial charge in [0, 0.05) is 18.8 Å². The number of rotatable bonds is 7. The Labute approximate surface area is 127 Å². The van der Waals surface area contributed by atoms with Crippen molar-refractivity contribution in [1.82, 2.24) is 5.32 Å². The number of methoxy groups -OCH3 is 1. The zero-order valence-corrected chi connectivity index (χ0v) is 13.5. The summed E-state index contributed by atoms with van der Waals surface area (Å²) in [5, 5.41) is 3.26. The average Bonchev–Trinajstić information content (AvgIpc) is 3.34. The van der Waals surface area contributed by atoms with Gasteiger partial charge in [0.2, 0.25) is 0 Å². The summed E-state index contributed by atoms with van der Waals surface area (Å²) >= 11 is 0. The minimum absolute atomic E-state index is 0.155. The smallest absolute Gasteiger partial charge is 0.328 e. The molecular weight excluding hydrogens is 264 g/mol. The molecule has 0 amide bonds. The van der Waals surface area contributed by atoms with E-state index < -0.39 is 5.54 Å². The van der Waals surface area contributed by atoms with Crippen molar-refractivity contribution >= 4 is 11.7 Å². The Balaban J connectivity index is 2.25. The summed E-state index contributed by atoms with van der Waals surface area (Å²) in [6.07, 6.45) is 2.17. The Morgan fingerprint density at radius 1 is 1.38 bits per heavy atom. The van der Waals surface area contributed by atoms with Gasteiger partial charge in [-0.2, -0.15) is 0 Å². The molecule has 0 spiro atoms. The van der Waals surface area contributed by atoms with Gasteiger partial charge in [0.1, 0.15) is 5.54 Å². The van der Waals surface area contributed by atoms with Crippen molar-refractivity contribution in [3.05, 3.63) is 29.8 Å². The summed E-state index contributed by atoms with van der Waals surface area (Å²) in [6.45, 7) is 5.69. The van der Waals surface area contributed by atoms with E-state index in [9.17, 15) is 4.79 Å². The number of nitrogens with one attached hydrogen (secondary N) is 1. The normalized spacial score (nSPS) is 17.1. The Kier molecular flexibility index (Phi) is 4.88. The van der Waals surface area contributed by atoms with Gasteiger partial charge in [0.25, 0.3) is 0 Å². The van der Waals surface area contributed by atoms with Crippen LogP contribution in [0.3, 0.4) is 0 Å². The number of carbonyl (C=O) groups excluding carboxylic acids is 1. The van der Waals surface area contributed by atoms with Gasteiger partial charge >= 0.3 is 5.97 Å². The van der Waals surface area contributed by atoms with Gasteiger partial charge in [-0.3, -0.25) is 0 Å². The molecule has 2 rings (SSSR count). The van der Waals surface area contributed by atoms with Crippen LogP contribution in [0.5, 0.6) is 0 Å². The van der Waals surface area contributed by atoms with Crippen LogP contribution in [0.25, 0.3) is 0 Å². The lowest BCUT2D eigenvalue weighted by atomic mass is 9.92. The molecule has 1 fully saturated rings. The van der Waals surface area contributed by atoms with E-state index in [1.165, 1.54) is 12.7 Å². The first-order valence-electron chi connectivity index (χ1n) is 7.66. The molecule has 0 radical (unpaired) electrons. The third-order valence-corrected chi connectivity index (χ3v) is 4.49. The molecule has 1 saturated carbocycles. The van der Waals surface area contributed by atoms with Crippen LogP contribution in [-0.2, 0) is 9.53 Å². The third kappa shape index (κ3) is 3.21. The molecule has 1 unspecified atom stereocenters. The lowest BCUT2D eigenvalue weighted by Crippen LogP contribution is -2.60. The van der Waals surface area contributed by atoms with Gasteiger partial charge < -0.3 is 15.0 Å². The molecule has 1 atom stereocenters. The fraction of sp³-hybridized carbons (Fsp3) is 0.588. The number of benzene rings is 1. The van der Waals surface area contributed by atoms with Crippen molar-refractivity contribution in [2.75, 3.05) is 32.1 Å². The van der Waals surface area contributed by atoms with Crippen LogP contribution in [0.4, 0.5) is 5.69 Å². The second kappa shape index (κ2) is 6.48. The number of ether oxygens (including phenoxy) is 1. The predicted molar refractivity (Wildman–Crippen MR) is 85.6 cm³/mol. The molecule has 1 aromatic carbocycles. The number of carbonyl (C=O) groups is 1. The van der Waals surface area contributed by atoms with E-state index in [0.29, 0.717) is 12.5 Å². The number of likely N-dealkylation sites (N-methyl/N-ethyl adjacent to an activating group) is 2. The van der Waals surface area contributed by atoms with Crippen molar-refractivity contribution in [1.29, 1.82) is 0 Å². The lowest BCUT2D eigenvalue weighted by molar-refractivity contribution is -0.149. The number of hydrogen-bond acceptors (Lipinski definition) is 4. The average molecular weight is 290 g/mol. The fourth-order valence-corrected chi connectivity index (χ4v) is 2.95. The molecule has 4 heteroatoms. The maximum absolute atomic E-state index is 12.4. The lowest BCUT2D eigenvalue weighted by Gasteiger charge is -2.37. The first kappa shape index (κ1) is 15.8. The van der Waals surface area contributed by atoms with E-state index in [1.54, 1.807) is 0 Å². The molecule has 0 heterocycles. The predicted octanol–water partition coefficient (Wildman–Crippen LogP) is 2.36. The zero-order chi connectivity index (χ0) is 15.5. The van der Waals surface area contributed by atoms with Gasteiger partial charge in [-0.25, -0.2) is 4.79 Å². The van der Waals surface area contributed by atoms with E-state index in [-0.39, 0.29) is 5.97 Å². The maximum atomic E-state index is 12.4. The van der Waals surface area contributed by atoms with Crippen LogP contribution < -0.4 is 10.2 Å². The second-order valence-corrected chi connectivity index (χ2v) is 5.84. The number of esters is 1. The van der Waals surface area contributed by atoms with Crippen LogP contribution in [0.15, 0.2) is 24.3 Å². The summed E-state index contributed by atoms with van der Waals surface area (Å²) < 4.78 is 5.08. The highest BCUT2D eigenvalue weighted by Gasteiger charge is 2.51. The van der Waals surface area contributed by atoms with Crippen molar-refractivity contribution in [3.8, 4) is 0 Å². The third-order valence-electron chi connectivity index (χ3n) is 4.49. The van der Waals surface area contributed by atoms with Gasteiger partial charge in [0.15, 0.2) is 0 Å². The van der Waals surface area contributed by atoms with Crippen molar-refractivity contribution < 1.29 is 9.53 Å². The summed E-state index contributed by atoms with van der Waals surface area (Å²) in [5.74, 6) is 0.215. The summed E-state index contributed by atoms with van der Waals surface area (Å²) in [4.78, 5) is 14.6. The monoisotopic (exact) mass is 290 g/mol. The molecule has 0 aromatic heterocycles. The Morgan fingerprint density at radius 3 is 2.43 bits per heavy atom. The molecule has 21 heavy (non-hydrogen) atoms. The number of nitrogens with zero attached hydrogens (tertiary/aromatic N) is 1. The van der Waals surface area contributed by atoms with Crippen LogP contribution in [0.1, 0.15) is 25.3 Å². The van der Waals surface area contributed by atoms with E-state index in [4.69, 9.17) is 4.74 Å². The van der Waals surface area contributed by atoms with Gasteiger partial charge in [-0.05, 0) is 51.8 Å². The van der Waals surface area contributed by atoms with Crippen LogP contribution in [0.2, 0.25) is 0 Å². The summed E-state index contributed by atoms with van der Waals surface area (Å²) in [6, 6.07) is 8.44. The number of aryl methyl sites for hydroxylation is 1. The highest BCUT2D eigenvalue weighted by molar-refractivity contribution is 5.83. The van der Waals surface area contributed by atoms with Gasteiger partial charge in [-0.15, -0.1) is 0 Å². The molecular formula is C17H26N2O2. The largest absolute Gasteiger partial charge is 0.468 e. The van der Waals surface area contributed by atoms with E-state index in [1.807, 2.05) is 7.05 Å². The SMILES string of the molecule is CCN(CC(NC)(C(=O)OC)C1CC1)c1ccc(C)cc1.